The highest BCUT2D eigenvalue weighted by atomic mass is 16.5. The fraction of sp³-hybridized carbons (Fsp3) is 0.381. The Morgan fingerprint density at radius 2 is 1.90 bits per heavy atom. The van der Waals surface area contributed by atoms with Gasteiger partial charge in [0.15, 0.2) is 5.82 Å². The molecule has 2 unspecified atom stereocenters. The summed E-state index contributed by atoms with van der Waals surface area (Å²) in [6.45, 7) is 6.23. The number of hydrogen-bond donors (Lipinski definition) is 0. The second-order valence-electron chi connectivity index (χ2n) is 7.45. The minimum Gasteiger partial charge on any atom is -0.464 e. The highest BCUT2D eigenvalue weighted by Gasteiger charge is 2.44. The Balaban J connectivity index is 1.52. The second-order valence-corrected chi connectivity index (χ2v) is 7.45. The topological polar surface area (TPSA) is 83.5 Å². The largest absolute Gasteiger partial charge is 0.464 e. The zero-order valence-electron chi connectivity index (χ0n) is 17.0. The number of aryl methyl sites for hydroxylation is 3. The first-order valence-electron chi connectivity index (χ1n) is 9.89. The van der Waals surface area contributed by atoms with Crippen LogP contribution in [0.15, 0.2) is 30.3 Å². The maximum atomic E-state index is 5.64. The average Bonchev–Trinajstić information content (AvgIpc) is 3.33. The van der Waals surface area contributed by atoms with Crippen molar-refractivity contribution in [3.05, 3.63) is 53.5 Å². The van der Waals surface area contributed by atoms with Gasteiger partial charge in [-0.15, -0.1) is 5.10 Å². The smallest absolute Gasteiger partial charge is 0.318 e. The molecule has 0 bridgehead atoms. The molecule has 1 aliphatic rings. The lowest BCUT2D eigenvalue weighted by atomic mass is 10.2. The van der Waals surface area contributed by atoms with Crippen LogP contribution in [0.4, 0.5) is 0 Å². The van der Waals surface area contributed by atoms with Crippen LogP contribution >= 0.6 is 0 Å². The number of ether oxygens (including phenoxy) is 1. The monoisotopic (exact) mass is 389 g/mol. The summed E-state index contributed by atoms with van der Waals surface area (Å²) in [5, 5.41) is 4.47. The molecule has 5 rings (SSSR count). The Hall–Kier alpha value is -3.29. The molecule has 1 aromatic carbocycles. The Morgan fingerprint density at radius 1 is 1.07 bits per heavy atom. The minimum absolute atomic E-state index is 0.288. The summed E-state index contributed by atoms with van der Waals surface area (Å²) in [4.78, 5) is 18.5. The Bertz CT molecular complexity index is 1210. The van der Waals surface area contributed by atoms with Crippen molar-refractivity contribution in [3.63, 3.8) is 0 Å². The maximum Gasteiger partial charge on any atom is 0.318 e. The third kappa shape index (κ3) is 3.04. The SMILES string of the molecule is CCOc1nc(C2CC2c2nc3ccccc3n2C)cc(-n2nc(C)nc2C)n1. The predicted molar refractivity (Wildman–Crippen MR) is 108 cm³/mol. The quantitative estimate of drug-likeness (QED) is 0.521. The van der Waals surface area contributed by atoms with E-state index in [-0.39, 0.29) is 5.92 Å². The van der Waals surface area contributed by atoms with E-state index < -0.39 is 0 Å². The minimum atomic E-state index is 0.288. The van der Waals surface area contributed by atoms with Crippen LogP contribution in [-0.2, 0) is 7.05 Å². The molecule has 0 saturated heterocycles. The first kappa shape index (κ1) is 17.8. The van der Waals surface area contributed by atoms with Gasteiger partial charge in [-0.05, 0) is 39.3 Å². The first-order chi connectivity index (χ1) is 14.0. The molecular weight excluding hydrogens is 366 g/mol. The number of rotatable bonds is 5. The van der Waals surface area contributed by atoms with Crippen molar-refractivity contribution >= 4 is 11.0 Å². The van der Waals surface area contributed by atoms with E-state index in [1.165, 1.54) is 0 Å². The summed E-state index contributed by atoms with van der Waals surface area (Å²) < 4.78 is 9.58. The predicted octanol–water partition coefficient (Wildman–Crippen LogP) is 3.23. The fourth-order valence-electron chi connectivity index (χ4n) is 3.96. The fourth-order valence-corrected chi connectivity index (χ4v) is 3.96. The first-order valence-corrected chi connectivity index (χ1v) is 9.89. The van der Waals surface area contributed by atoms with Crippen LogP contribution in [0.1, 0.15) is 48.3 Å². The molecule has 3 heterocycles. The number of imidazole rings is 1. The van der Waals surface area contributed by atoms with Gasteiger partial charge < -0.3 is 9.30 Å². The Morgan fingerprint density at radius 3 is 2.62 bits per heavy atom. The Labute approximate surface area is 168 Å². The maximum absolute atomic E-state index is 5.64. The number of fused-ring (bicyclic) bond motifs is 1. The van der Waals surface area contributed by atoms with Gasteiger partial charge in [-0.25, -0.2) is 9.97 Å². The molecule has 2 atom stereocenters. The molecule has 0 radical (unpaired) electrons. The summed E-state index contributed by atoms with van der Waals surface area (Å²) in [7, 11) is 2.08. The van der Waals surface area contributed by atoms with Gasteiger partial charge in [0.25, 0.3) is 0 Å². The molecule has 1 aliphatic carbocycles. The zero-order chi connectivity index (χ0) is 20.1. The van der Waals surface area contributed by atoms with Gasteiger partial charge in [-0.2, -0.15) is 14.6 Å². The molecular formula is C21H23N7O. The van der Waals surface area contributed by atoms with E-state index in [1.807, 2.05) is 39.0 Å². The summed E-state index contributed by atoms with van der Waals surface area (Å²) in [6, 6.07) is 10.6. The number of benzene rings is 1. The summed E-state index contributed by atoms with van der Waals surface area (Å²) in [5.74, 6) is 3.91. The van der Waals surface area contributed by atoms with E-state index in [0.29, 0.717) is 30.2 Å². The molecule has 3 aromatic heterocycles. The molecule has 148 valence electrons. The van der Waals surface area contributed by atoms with Crippen molar-refractivity contribution in [2.24, 2.45) is 7.05 Å². The average molecular weight is 389 g/mol. The molecule has 8 heteroatoms. The van der Waals surface area contributed by atoms with E-state index in [9.17, 15) is 0 Å². The van der Waals surface area contributed by atoms with Gasteiger partial charge in [-0.3, -0.25) is 0 Å². The molecule has 1 saturated carbocycles. The van der Waals surface area contributed by atoms with Crippen molar-refractivity contribution in [3.8, 4) is 11.8 Å². The highest BCUT2D eigenvalue weighted by Crippen LogP contribution is 2.54. The third-order valence-corrected chi connectivity index (χ3v) is 5.40. The molecule has 8 nitrogen and oxygen atoms in total. The van der Waals surface area contributed by atoms with E-state index in [4.69, 9.17) is 9.72 Å². The van der Waals surface area contributed by atoms with Gasteiger partial charge >= 0.3 is 6.01 Å². The van der Waals surface area contributed by atoms with Crippen LogP contribution < -0.4 is 4.74 Å². The van der Waals surface area contributed by atoms with Gasteiger partial charge in [0, 0.05) is 24.9 Å². The highest BCUT2D eigenvalue weighted by molar-refractivity contribution is 5.76. The molecule has 1 fully saturated rings. The molecule has 0 spiro atoms. The zero-order valence-corrected chi connectivity index (χ0v) is 17.0. The normalized spacial score (nSPS) is 18.3. The van der Waals surface area contributed by atoms with E-state index in [2.05, 4.69) is 43.8 Å². The van der Waals surface area contributed by atoms with Crippen LogP contribution in [0.3, 0.4) is 0 Å². The number of para-hydroxylation sites is 2. The van der Waals surface area contributed by atoms with Crippen LogP contribution in [0, 0.1) is 13.8 Å². The van der Waals surface area contributed by atoms with Crippen molar-refractivity contribution in [1.82, 2.24) is 34.3 Å². The Kier molecular flexibility index (Phi) is 4.08. The van der Waals surface area contributed by atoms with Gasteiger partial charge in [0.2, 0.25) is 0 Å². The number of hydrogen-bond acceptors (Lipinski definition) is 6. The van der Waals surface area contributed by atoms with Crippen LogP contribution in [-0.4, -0.2) is 40.9 Å². The van der Waals surface area contributed by atoms with Crippen LogP contribution in [0.2, 0.25) is 0 Å². The molecule has 29 heavy (non-hydrogen) atoms. The van der Waals surface area contributed by atoms with Crippen LogP contribution in [0.5, 0.6) is 6.01 Å². The van der Waals surface area contributed by atoms with Crippen molar-refractivity contribution in [2.75, 3.05) is 6.61 Å². The molecule has 0 amide bonds. The summed E-state index contributed by atoms with van der Waals surface area (Å²) >= 11 is 0. The van der Waals surface area contributed by atoms with E-state index in [0.717, 1.165) is 34.8 Å². The molecule has 4 aromatic rings. The van der Waals surface area contributed by atoms with Crippen molar-refractivity contribution in [1.29, 1.82) is 0 Å². The number of aromatic nitrogens is 7. The van der Waals surface area contributed by atoms with Gasteiger partial charge in [-0.1, -0.05) is 12.1 Å². The molecule has 0 N–H and O–H groups in total. The molecule has 0 aliphatic heterocycles. The second kappa shape index (κ2) is 6.65. The lowest BCUT2D eigenvalue weighted by Crippen LogP contribution is -2.08. The summed E-state index contributed by atoms with van der Waals surface area (Å²) in [6.07, 6.45) is 1.01. The standard InChI is InChI=1S/C21H23N7O/c1-5-29-21-24-17(11-19(25-21)28-13(3)22-12(2)26-28)14-10-15(14)20-23-16-8-6-7-9-18(16)27(20)4/h6-9,11,14-15H,5,10H2,1-4H3. The van der Waals surface area contributed by atoms with Crippen LogP contribution in [0.25, 0.3) is 16.9 Å². The van der Waals surface area contributed by atoms with Crippen molar-refractivity contribution < 1.29 is 4.74 Å². The van der Waals surface area contributed by atoms with E-state index >= 15 is 0 Å². The van der Waals surface area contributed by atoms with Gasteiger partial charge in [0.1, 0.15) is 17.5 Å². The van der Waals surface area contributed by atoms with Gasteiger partial charge in [0.05, 0.1) is 23.3 Å². The van der Waals surface area contributed by atoms with E-state index in [1.54, 1.807) is 4.68 Å². The van der Waals surface area contributed by atoms with Crippen molar-refractivity contribution in [2.45, 2.75) is 39.0 Å². The third-order valence-electron chi connectivity index (χ3n) is 5.40. The summed E-state index contributed by atoms with van der Waals surface area (Å²) in [5.41, 5.74) is 3.14. The number of nitrogens with zero attached hydrogens (tertiary/aromatic N) is 7. The lowest BCUT2D eigenvalue weighted by Gasteiger charge is -2.09. The lowest BCUT2D eigenvalue weighted by molar-refractivity contribution is 0.310.